The molecule has 2 spiro atoms. The average molecular weight is 405 g/mol. The van der Waals surface area contributed by atoms with Crippen molar-refractivity contribution in [3.05, 3.63) is 34.3 Å². The minimum atomic E-state index is -0.956. The van der Waals surface area contributed by atoms with Crippen molar-refractivity contribution < 1.29 is 19.1 Å². The molecule has 2 atom stereocenters. The summed E-state index contributed by atoms with van der Waals surface area (Å²) in [6.45, 7) is 0. The van der Waals surface area contributed by atoms with Crippen LogP contribution in [0.3, 0.4) is 0 Å². The summed E-state index contributed by atoms with van der Waals surface area (Å²) in [7, 11) is 0. The first-order chi connectivity index (χ1) is 12.1. The second-order valence-electron chi connectivity index (χ2n) is 8.07. The van der Waals surface area contributed by atoms with Crippen LogP contribution < -0.4 is 0 Å². The van der Waals surface area contributed by atoms with Crippen LogP contribution in [0, 0.1) is 10.8 Å². The molecule has 25 heavy (non-hydrogen) atoms. The maximum Gasteiger partial charge on any atom is 0.317 e. The van der Waals surface area contributed by atoms with Crippen LogP contribution in [-0.4, -0.2) is 18.0 Å². The van der Waals surface area contributed by atoms with Crippen molar-refractivity contribution in [3.63, 3.8) is 0 Å². The summed E-state index contributed by atoms with van der Waals surface area (Å²) in [5.41, 5.74) is -1.41. The molecule has 0 amide bonds. The number of rotatable bonds is 1. The molecule has 5 rings (SSSR count). The molecule has 5 heteroatoms. The summed E-state index contributed by atoms with van der Waals surface area (Å²) in [4.78, 5) is 26.2. The molecule has 2 aliphatic carbocycles. The fourth-order valence-corrected chi connectivity index (χ4v) is 6.19. The van der Waals surface area contributed by atoms with Crippen molar-refractivity contribution in [3.8, 4) is 0 Å². The van der Waals surface area contributed by atoms with Gasteiger partial charge in [0.2, 0.25) is 0 Å². The second-order valence-corrected chi connectivity index (χ2v) is 8.99. The number of hydrogen-bond donors (Lipinski definition) is 0. The fraction of sp³-hybridized carbons (Fsp3) is 0.600. The second kappa shape index (κ2) is 5.09. The molecule has 2 aliphatic heterocycles. The smallest absolute Gasteiger partial charge is 0.317 e. The maximum atomic E-state index is 13.1. The highest BCUT2D eigenvalue weighted by molar-refractivity contribution is 9.10. The van der Waals surface area contributed by atoms with Gasteiger partial charge < -0.3 is 9.47 Å². The van der Waals surface area contributed by atoms with Gasteiger partial charge in [-0.15, -0.1) is 0 Å². The number of halogens is 1. The Kier molecular flexibility index (Phi) is 3.23. The first-order valence-corrected chi connectivity index (χ1v) is 10.1. The van der Waals surface area contributed by atoms with Gasteiger partial charge in [0.05, 0.1) is 0 Å². The molecular formula is C20H21BrO4. The van der Waals surface area contributed by atoms with E-state index >= 15 is 0 Å². The molecule has 2 heterocycles. The lowest BCUT2D eigenvalue weighted by Crippen LogP contribution is -2.49. The lowest BCUT2D eigenvalue weighted by Gasteiger charge is -2.38. The predicted molar refractivity (Wildman–Crippen MR) is 93.6 cm³/mol. The van der Waals surface area contributed by atoms with Gasteiger partial charge in [0, 0.05) is 10.0 Å². The van der Waals surface area contributed by atoms with Crippen LogP contribution in [0.1, 0.15) is 56.9 Å². The van der Waals surface area contributed by atoms with Gasteiger partial charge in [-0.2, -0.15) is 0 Å². The zero-order chi connectivity index (χ0) is 17.3. The van der Waals surface area contributed by atoms with E-state index in [1.54, 1.807) is 0 Å². The number of esters is 2. The maximum absolute atomic E-state index is 13.1. The van der Waals surface area contributed by atoms with Crippen molar-refractivity contribution in [1.82, 2.24) is 0 Å². The van der Waals surface area contributed by atoms with Crippen molar-refractivity contribution in [2.75, 3.05) is 0 Å². The standard InChI is InChI=1S/C20H21BrO4/c21-14-7-5-13(6-8-14)20-15(18(16(22)25-20)9-1-2-10-18)24-17(23)19(20)11-3-4-12-19/h5-8,15H,1-4,9-12H2/t15-,20+/m0/s1. The highest BCUT2D eigenvalue weighted by Gasteiger charge is 2.81. The lowest BCUT2D eigenvalue weighted by atomic mass is 9.62. The number of hydrogen-bond acceptors (Lipinski definition) is 4. The SMILES string of the molecule is O=C1O[C@]2(c3ccc(Br)cc3)[C@@H](OC(=O)C23CCCC3)C12CCCC2. The Morgan fingerprint density at radius 2 is 1.48 bits per heavy atom. The average Bonchev–Trinajstić information content (AvgIpc) is 3.35. The van der Waals surface area contributed by atoms with Gasteiger partial charge in [0.15, 0.2) is 11.7 Å². The zero-order valence-corrected chi connectivity index (χ0v) is 15.6. The Morgan fingerprint density at radius 3 is 2.12 bits per heavy atom. The predicted octanol–water partition coefficient (Wildman–Crippen LogP) is 4.25. The lowest BCUT2D eigenvalue weighted by molar-refractivity contribution is -0.169. The number of carbonyl (C=O) groups excluding carboxylic acids is 2. The van der Waals surface area contributed by atoms with Gasteiger partial charge in [-0.3, -0.25) is 9.59 Å². The molecule has 4 fully saturated rings. The normalized spacial score (nSPS) is 34.5. The quantitative estimate of drug-likeness (QED) is 0.656. The van der Waals surface area contributed by atoms with E-state index in [-0.39, 0.29) is 11.9 Å². The number of carbonyl (C=O) groups is 2. The summed E-state index contributed by atoms with van der Waals surface area (Å²) in [5.74, 6) is -0.312. The van der Waals surface area contributed by atoms with E-state index in [1.165, 1.54) is 0 Å². The Balaban J connectivity index is 1.75. The molecule has 0 aromatic heterocycles. The van der Waals surface area contributed by atoms with E-state index in [4.69, 9.17) is 9.47 Å². The summed E-state index contributed by atoms with van der Waals surface area (Å²) in [5, 5.41) is 0. The summed E-state index contributed by atoms with van der Waals surface area (Å²) < 4.78 is 13.2. The number of fused-ring (bicyclic) bond motifs is 3. The molecule has 4 nitrogen and oxygen atoms in total. The third-order valence-electron chi connectivity index (χ3n) is 7.08. The molecule has 2 saturated heterocycles. The van der Waals surface area contributed by atoms with Crippen LogP contribution in [0.2, 0.25) is 0 Å². The Hall–Kier alpha value is -1.36. The molecule has 0 N–H and O–H groups in total. The van der Waals surface area contributed by atoms with Gasteiger partial charge in [0.1, 0.15) is 10.8 Å². The molecule has 0 bridgehead atoms. The van der Waals surface area contributed by atoms with Crippen LogP contribution in [0.15, 0.2) is 28.7 Å². The van der Waals surface area contributed by atoms with E-state index in [2.05, 4.69) is 15.9 Å². The minimum Gasteiger partial charge on any atom is -0.456 e. The van der Waals surface area contributed by atoms with Crippen LogP contribution >= 0.6 is 15.9 Å². The van der Waals surface area contributed by atoms with E-state index < -0.39 is 22.5 Å². The Bertz CT molecular complexity index is 741. The fourth-order valence-electron chi connectivity index (χ4n) is 5.92. The first kappa shape index (κ1) is 15.9. The zero-order valence-electron chi connectivity index (χ0n) is 14.1. The molecule has 1 aromatic rings. The third-order valence-corrected chi connectivity index (χ3v) is 7.61. The van der Waals surface area contributed by atoms with Gasteiger partial charge in [-0.1, -0.05) is 53.7 Å². The van der Waals surface area contributed by atoms with Crippen molar-refractivity contribution in [2.45, 2.75) is 63.1 Å². The highest BCUT2D eigenvalue weighted by atomic mass is 79.9. The van der Waals surface area contributed by atoms with E-state index in [0.717, 1.165) is 61.4 Å². The van der Waals surface area contributed by atoms with Crippen LogP contribution in [-0.2, 0) is 24.7 Å². The van der Waals surface area contributed by atoms with E-state index in [1.807, 2.05) is 24.3 Å². The minimum absolute atomic E-state index is 0.156. The summed E-state index contributed by atoms with van der Waals surface area (Å²) >= 11 is 3.48. The third kappa shape index (κ3) is 1.73. The van der Waals surface area contributed by atoms with Crippen molar-refractivity contribution >= 4 is 27.9 Å². The van der Waals surface area contributed by atoms with Gasteiger partial charge in [-0.25, -0.2) is 0 Å². The molecule has 1 aromatic carbocycles. The van der Waals surface area contributed by atoms with Crippen LogP contribution in [0.4, 0.5) is 0 Å². The van der Waals surface area contributed by atoms with E-state index in [9.17, 15) is 9.59 Å². The van der Waals surface area contributed by atoms with Crippen molar-refractivity contribution in [1.29, 1.82) is 0 Å². The number of ether oxygens (including phenoxy) is 2. The Morgan fingerprint density at radius 1 is 0.880 bits per heavy atom. The van der Waals surface area contributed by atoms with Crippen LogP contribution in [0.25, 0.3) is 0 Å². The largest absolute Gasteiger partial charge is 0.456 e. The monoisotopic (exact) mass is 404 g/mol. The molecule has 2 saturated carbocycles. The van der Waals surface area contributed by atoms with Crippen LogP contribution in [0.5, 0.6) is 0 Å². The van der Waals surface area contributed by atoms with Crippen molar-refractivity contribution in [2.24, 2.45) is 10.8 Å². The first-order valence-electron chi connectivity index (χ1n) is 9.26. The molecule has 0 unspecified atom stereocenters. The van der Waals surface area contributed by atoms with E-state index in [0.29, 0.717) is 0 Å². The summed E-state index contributed by atoms with van der Waals surface area (Å²) in [6.07, 6.45) is 6.45. The molecule has 132 valence electrons. The van der Waals surface area contributed by atoms with Gasteiger partial charge in [-0.05, 0) is 37.8 Å². The number of benzene rings is 1. The highest BCUT2D eigenvalue weighted by Crippen LogP contribution is 2.69. The van der Waals surface area contributed by atoms with Gasteiger partial charge >= 0.3 is 11.9 Å². The molecular weight excluding hydrogens is 384 g/mol. The molecule has 0 radical (unpaired) electrons. The topological polar surface area (TPSA) is 52.6 Å². The molecule has 4 aliphatic rings. The summed E-state index contributed by atoms with van der Waals surface area (Å²) in [6, 6.07) is 7.89. The Labute approximate surface area is 155 Å². The van der Waals surface area contributed by atoms with Gasteiger partial charge in [0.25, 0.3) is 0 Å².